The lowest BCUT2D eigenvalue weighted by Crippen LogP contribution is -2.37. The number of hydrogen-bond donors (Lipinski definition) is 0. The van der Waals surface area contributed by atoms with Crippen LogP contribution in [0.2, 0.25) is 0 Å². The van der Waals surface area contributed by atoms with Gasteiger partial charge in [0.15, 0.2) is 0 Å². The van der Waals surface area contributed by atoms with Crippen molar-refractivity contribution < 1.29 is 9.21 Å². The lowest BCUT2D eigenvalue weighted by Gasteiger charge is -2.21. The molecule has 1 fully saturated rings. The van der Waals surface area contributed by atoms with Gasteiger partial charge in [0.2, 0.25) is 0 Å². The molecule has 0 bridgehead atoms. The first-order valence-corrected chi connectivity index (χ1v) is 9.20. The molecule has 0 spiro atoms. The van der Waals surface area contributed by atoms with E-state index in [9.17, 15) is 9.59 Å². The number of hydrogen-bond acceptors (Lipinski definition) is 4. The van der Waals surface area contributed by atoms with Crippen molar-refractivity contribution in [1.82, 2.24) is 9.80 Å². The molecule has 2 aromatic rings. The van der Waals surface area contributed by atoms with Gasteiger partial charge < -0.3 is 14.2 Å². The van der Waals surface area contributed by atoms with Gasteiger partial charge in [-0.2, -0.15) is 0 Å². The number of amides is 1. The molecule has 5 heteroatoms. The van der Waals surface area contributed by atoms with Crippen molar-refractivity contribution in [3.63, 3.8) is 0 Å². The fraction of sp³-hybridized carbons (Fsp3) is 0.429. The number of benzene rings is 1. The van der Waals surface area contributed by atoms with Gasteiger partial charge in [-0.15, -0.1) is 0 Å². The molecule has 5 nitrogen and oxygen atoms in total. The Morgan fingerprint density at radius 1 is 1.08 bits per heavy atom. The van der Waals surface area contributed by atoms with Gasteiger partial charge in [-0.1, -0.05) is 30.3 Å². The molecular formula is C21H26N2O3. The number of aryl methyl sites for hydroxylation is 3. The first-order chi connectivity index (χ1) is 12.5. The van der Waals surface area contributed by atoms with Crippen LogP contribution in [0.25, 0.3) is 0 Å². The lowest BCUT2D eigenvalue weighted by atomic mass is 10.1. The molecule has 1 amide bonds. The topological polar surface area (TPSA) is 53.8 Å². The third-order valence-corrected chi connectivity index (χ3v) is 4.92. The molecule has 0 atom stereocenters. The van der Waals surface area contributed by atoms with Crippen LogP contribution >= 0.6 is 0 Å². The van der Waals surface area contributed by atoms with Gasteiger partial charge in [0.05, 0.1) is 0 Å². The Labute approximate surface area is 154 Å². The molecule has 2 heterocycles. The average molecular weight is 354 g/mol. The maximum Gasteiger partial charge on any atom is 0.349 e. The molecule has 1 aliphatic rings. The van der Waals surface area contributed by atoms with E-state index in [4.69, 9.17) is 4.42 Å². The summed E-state index contributed by atoms with van der Waals surface area (Å²) < 4.78 is 5.46. The summed E-state index contributed by atoms with van der Waals surface area (Å²) in [5.74, 6) is 0.421. The molecule has 1 aromatic carbocycles. The van der Waals surface area contributed by atoms with Gasteiger partial charge in [0.1, 0.15) is 11.3 Å². The molecular weight excluding hydrogens is 328 g/mol. The summed E-state index contributed by atoms with van der Waals surface area (Å²) in [6, 6.07) is 11.9. The molecule has 0 aliphatic carbocycles. The second-order valence-electron chi connectivity index (χ2n) is 6.99. The summed E-state index contributed by atoms with van der Waals surface area (Å²) in [6.45, 7) is 4.93. The van der Waals surface area contributed by atoms with Gasteiger partial charge >= 0.3 is 5.63 Å². The highest BCUT2D eigenvalue weighted by Gasteiger charge is 2.24. The van der Waals surface area contributed by atoms with Crippen molar-refractivity contribution in [3.05, 3.63) is 69.3 Å². The fourth-order valence-electron chi connectivity index (χ4n) is 3.37. The van der Waals surface area contributed by atoms with E-state index in [0.29, 0.717) is 30.8 Å². The average Bonchev–Trinajstić information content (AvgIpc) is 2.85. The Morgan fingerprint density at radius 3 is 2.58 bits per heavy atom. The summed E-state index contributed by atoms with van der Waals surface area (Å²) >= 11 is 0. The van der Waals surface area contributed by atoms with Gasteiger partial charge in [-0.25, -0.2) is 4.79 Å². The smallest absolute Gasteiger partial charge is 0.349 e. The third kappa shape index (κ3) is 4.41. The zero-order valence-electron chi connectivity index (χ0n) is 15.5. The van der Waals surface area contributed by atoms with Gasteiger partial charge in [-0.3, -0.25) is 4.79 Å². The number of nitrogens with zero attached hydrogens (tertiary/aromatic N) is 2. The van der Waals surface area contributed by atoms with E-state index in [1.54, 1.807) is 4.90 Å². The van der Waals surface area contributed by atoms with Crippen molar-refractivity contribution in [2.75, 3.05) is 33.2 Å². The minimum atomic E-state index is -0.518. The highest BCUT2D eigenvalue weighted by molar-refractivity contribution is 5.95. The summed E-state index contributed by atoms with van der Waals surface area (Å²) in [4.78, 5) is 29.3. The Balaban J connectivity index is 1.74. The number of carbonyl (C=O) groups excluding carboxylic acids is 1. The molecule has 138 valence electrons. The Bertz CT molecular complexity index is 814. The van der Waals surface area contributed by atoms with E-state index in [1.165, 1.54) is 5.56 Å². The van der Waals surface area contributed by atoms with E-state index < -0.39 is 5.63 Å². The second-order valence-corrected chi connectivity index (χ2v) is 6.99. The predicted octanol–water partition coefficient (Wildman–Crippen LogP) is 2.51. The summed E-state index contributed by atoms with van der Waals surface area (Å²) in [5.41, 5.74) is 1.56. The van der Waals surface area contributed by atoms with Crippen LogP contribution in [0.5, 0.6) is 0 Å². The molecule has 1 saturated heterocycles. The predicted molar refractivity (Wildman–Crippen MR) is 102 cm³/mol. The van der Waals surface area contributed by atoms with E-state index in [2.05, 4.69) is 24.1 Å². The molecule has 1 aliphatic heterocycles. The first kappa shape index (κ1) is 18.4. The maximum atomic E-state index is 12.8. The maximum absolute atomic E-state index is 12.8. The van der Waals surface area contributed by atoms with E-state index in [1.807, 2.05) is 31.2 Å². The van der Waals surface area contributed by atoms with Crippen molar-refractivity contribution in [3.8, 4) is 0 Å². The Hall–Kier alpha value is -2.40. The van der Waals surface area contributed by atoms with Crippen LogP contribution in [0, 0.1) is 6.92 Å². The van der Waals surface area contributed by atoms with Gasteiger partial charge in [0.25, 0.3) is 5.91 Å². The van der Waals surface area contributed by atoms with Crippen LogP contribution in [0.1, 0.15) is 33.7 Å². The van der Waals surface area contributed by atoms with Crippen LogP contribution in [-0.4, -0.2) is 48.9 Å². The van der Waals surface area contributed by atoms with E-state index in [-0.39, 0.29) is 11.5 Å². The molecule has 3 rings (SSSR count). The zero-order chi connectivity index (χ0) is 18.5. The van der Waals surface area contributed by atoms with Crippen LogP contribution in [0.15, 0.2) is 45.6 Å². The van der Waals surface area contributed by atoms with Crippen molar-refractivity contribution in [2.24, 2.45) is 0 Å². The highest BCUT2D eigenvalue weighted by atomic mass is 16.4. The minimum Gasteiger partial charge on any atom is -0.427 e. The standard InChI is InChI=1S/C21H26N2O3/c1-16-15-18(10-9-17-7-4-3-5-8-17)26-21(25)19(16)20(24)23-12-6-11-22(2)13-14-23/h3-5,7-8,15H,6,9-14H2,1-2H3. The second kappa shape index (κ2) is 8.32. The molecule has 0 radical (unpaired) electrons. The molecule has 1 aromatic heterocycles. The number of likely N-dealkylation sites (N-methyl/N-ethyl adjacent to an activating group) is 1. The Kier molecular flexibility index (Phi) is 5.89. The zero-order valence-corrected chi connectivity index (χ0v) is 15.5. The number of carbonyl (C=O) groups is 1. The van der Waals surface area contributed by atoms with Gasteiger partial charge in [0, 0.05) is 26.1 Å². The van der Waals surface area contributed by atoms with Crippen LogP contribution < -0.4 is 5.63 Å². The van der Waals surface area contributed by atoms with E-state index >= 15 is 0 Å². The quantitative estimate of drug-likeness (QED) is 0.847. The lowest BCUT2D eigenvalue weighted by molar-refractivity contribution is 0.0757. The molecule has 0 N–H and O–H groups in total. The summed E-state index contributed by atoms with van der Waals surface area (Å²) in [6.07, 6.45) is 2.36. The van der Waals surface area contributed by atoms with Crippen molar-refractivity contribution in [2.45, 2.75) is 26.2 Å². The van der Waals surface area contributed by atoms with Crippen molar-refractivity contribution >= 4 is 5.91 Å². The van der Waals surface area contributed by atoms with Crippen LogP contribution in [0.4, 0.5) is 0 Å². The van der Waals surface area contributed by atoms with Gasteiger partial charge in [-0.05, 0) is 50.6 Å². The van der Waals surface area contributed by atoms with Crippen LogP contribution in [-0.2, 0) is 12.8 Å². The van der Waals surface area contributed by atoms with Crippen LogP contribution in [0.3, 0.4) is 0 Å². The van der Waals surface area contributed by atoms with Crippen molar-refractivity contribution in [1.29, 1.82) is 0 Å². The third-order valence-electron chi connectivity index (χ3n) is 4.92. The first-order valence-electron chi connectivity index (χ1n) is 9.20. The molecule has 0 saturated carbocycles. The summed E-state index contributed by atoms with van der Waals surface area (Å²) in [5, 5.41) is 0. The monoisotopic (exact) mass is 354 g/mol. The SMILES string of the molecule is Cc1cc(CCc2ccccc2)oc(=O)c1C(=O)N1CCCN(C)CC1. The summed E-state index contributed by atoms with van der Waals surface area (Å²) in [7, 11) is 2.05. The molecule has 0 unspecified atom stereocenters. The van der Waals surface area contributed by atoms with E-state index in [0.717, 1.165) is 25.9 Å². The minimum absolute atomic E-state index is 0.179. The fourth-order valence-corrected chi connectivity index (χ4v) is 3.37. The normalized spacial score (nSPS) is 15.7. The highest BCUT2D eigenvalue weighted by Crippen LogP contribution is 2.13. The molecule has 26 heavy (non-hydrogen) atoms. The Morgan fingerprint density at radius 2 is 1.85 bits per heavy atom. The number of rotatable bonds is 4. The largest absolute Gasteiger partial charge is 0.427 e.